The van der Waals surface area contributed by atoms with Crippen molar-refractivity contribution in [3.63, 3.8) is 0 Å². The fourth-order valence-corrected chi connectivity index (χ4v) is 3.39. The summed E-state index contributed by atoms with van der Waals surface area (Å²) in [6.45, 7) is 0. The Morgan fingerprint density at radius 1 is 1.00 bits per heavy atom. The molecule has 2 aromatic carbocycles. The van der Waals surface area contributed by atoms with Gasteiger partial charge in [-0.2, -0.15) is 0 Å². The Hall–Kier alpha value is -3.00. The third-order valence-corrected chi connectivity index (χ3v) is 4.55. The largest absolute Gasteiger partial charge is 0.478 e. The molecule has 3 aromatic rings. The Morgan fingerprint density at radius 3 is 2.52 bits per heavy atom. The van der Waals surface area contributed by atoms with Crippen molar-refractivity contribution in [3.05, 3.63) is 60.4 Å². The van der Waals surface area contributed by atoms with E-state index in [0.29, 0.717) is 5.52 Å². The third kappa shape index (κ3) is 2.84. The van der Waals surface area contributed by atoms with Crippen molar-refractivity contribution >= 4 is 32.7 Å². The lowest BCUT2D eigenvalue weighted by molar-refractivity contribution is 0.0698. The second kappa shape index (κ2) is 5.65. The summed E-state index contributed by atoms with van der Waals surface area (Å²) in [5, 5.41) is 9.15. The molecule has 0 aliphatic heterocycles. The number of aromatic nitrogens is 2. The van der Waals surface area contributed by atoms with Gasteiger partial charge in [0.2, 0.25) is 0 Å². The zero-order chi connectivity index (χ0) is 16.4. The maximum atomic E-state index is 12.6. The van der Waals surface area contributed by atoms with E-state index in [1.54, 1.807) is 18.2 Å². The molecule has 0 radical (unpaired) electrons. The van der Waals surface area contributed by atoms with E-state index in [1.807, 2.05) is 0 Å². The minimum Gasteiger partial charge on any atom is -0.478 e. The Labute approximate surface area is 131 Å². The smallest absolute Gasteiger partial charge is 0.337 e. The number of carbonyl (C=O) groups is 1. The number of para-hydroxylation sites is 2. The van der Waals surface area contributed by atoms with Gasteiger partial charge in [-0.1, -0.05) is 18.2 Å². The molecular formula is C15H11N3O4S. The number of fused-ring (bicyclic) bond motifs is 1. The molecule has 1 heterocycles. The number of hydrogen-bond acceptors (Lipinski definition) is 5. The summed E-state index contributed by atoms with van der Waals surface area (Å²) in [7, 11) is -4.01. The van der Waals surface area contributed by atoms with Crippen molar-refractivity contribution in [1.29, 1.82) is 0 Å². The van der Waals surface area contributed by atoms with Gasteiger partial charge >= 0.3 is 5.97 Å². The van der Waals surface area contributed by atoms with Crippen LogP contribution in [0.4, 0.5) is 5.69 Å². The van der Waals surface area contributed by atoms with Crippen LogP contribution >= 0.6 is 0 Å². The highest BCUT2D eigenvalue weighted by molar-refractivity contribution is 7.93. The van der Waals surface area contributed by atoms with Crippen LogP contribution in [0.1, 0.15) is 10.4 Å². The minimum atomic E-state index is -4.01. The van der Waals surface area contributed by atoms with Crippen molar-refractivity contribution in [3.8, 4) is 0 Å². The predicted molar refractivity (Wildman–Crippen MR) is 83.7 cm³/mol. The maximum Gasteiger partial charge on any atom is 0.337 e. The second-order valence-corrected chi connectivity index (χ2v) is 6.29. The van der Waals surface area contributed by atoms with Gasteiger partial charge < -0.3 is 5.11 Å². The van der Waals surface area contributed by atoms with Crippen LogP contribution in [0, 0.1) is 0 Å². The SMILES string of the molecule is O=C(O)c1ccccc1NS(=O)(=O)c1cccc2nccnc12. The Bertz CT molecular complexity index is 997. The molecule has 0 saturated carbocycles. The van der Waals surface area contributed by atoms with Crippen LogP contribution in [0.2, 0.25) is 0 Å². The lowest BCUT2D eigenvalue weighted by Crippen LogP contribution is -2.16. The number of anilines is 1. The first-order valence-corrected chi connectivity index (χ1v) is 8.02. The molecular weight excluding hydrogens is 318 g/mol. The number of aromatic carboxylic acids is 1. The van der Waals surface area contributed by atoms with Gasteiger partial charge in [0.25, 0.3) is 10.0 Å². The maximum absolute atomic E-state index is 12.6. The van der Waals surface area contributed by atoms with Gasteiger partial charge in [0.1, 0.15) is 10.4 Å². The first-order chi connectivity index (χ1) is 11.0. The average Bonchev–Trinajstić information content (AvgIpc) is 2.54. The highest BCUT2D eigenvalue weighted by Gasteiger charge is 2.21. The van der Waals surface area contributed by atoms with E-state index in [0.717, 1.165) is 0 Å². The molecule has 0 aliphatic rings. The van der Waals surface area contributed by atoms with E-state index in [9.17, 15) is 13.2 Å². The molecule has 0 saturated heterocycles. The van der Waals surface area contributed by atoms with Gasteiger partial charge in [0, 0.05) is 12.4 Å². The van der Waals surface area contributed by atoms with Gasteiger partial charge in [0.05, 0.1) is 16.8 Å². The molecule has 1 aromatic heterocycles. The first kappa shape index (κ1) is 14.9. The lowest BCUT2D eigenvalue weighted by Gasteiger charge is -2.11. The molecule has 0 unspecified atom stereocenters. The van der Waals surface area contributed by atoms with Crippen LogP contribution in [0.3, 0.4) is 0 Å². The molecule has 3 rings (SSSR count). The molecule has 116 valence electrons. The van der Waals surface area contributed by atoms with Crippen LogP contribution in [0.5, 0.6) is 0 Å². The average molecular weight is 329 g/mol. The van der Waals surface area contributed by atoms with Crippen LogP contribution < -0.4 is 4.72 Å². The predicted octanol–water partition coefficient (Wildman–Crippen LogP) is 2.13. The molecule has 0 fully saturated rings. The van der Waals surface area contributed by atoms with Crippen molar-refractivity contribution < 1.29 is 18.3 Å². The molecule has 0 atom stereocenters. The number of nitrogens with zero attached hydrogens (tertiary/aromatic N) is 2. The summed E-state index contributed by atoms with van der Waals surface area (Å²) < 4.78 is 27.5. The van der Waals surface area contributed by atoms with Gasteiger partial charge in [-0.3, -0.25) is 14.7 Å². The fraction of sp³-hybridized carbons (Fsp3) is 0. The molecule has 0 spiro atoms. The molecule has 0 amide bonds. The van der Waals surface area contributed by atoms with Crippen molar-refractivity contribution in [2.24, 2.45) is 0 Å². The Kier molecular flexibility index (Phi) is 3.67. The standard InChI is InChI=1S/C15H11N3O4S/c19-15(20)10-4-1-2-5-11(10)18-23(21,22)13-7-3-6-12-14(13)17-9-8-16-12/h1-9,18H,(H,19,20). The molecule has 0 aliphatic carbocycles. The fourth-order valence-electron chi connectivity index (χ4n) is 2.14. The van der Waals surface area contributed by atoms with Crippen molar-refractivity contribution in [1.82, 2.24) is 9.97 Å². The number of nitrogens with one attached hydrogen (secondary N) is 1. The van der Waals surface area contributed by atoms with Gasteiger partial charge in [-0.15, -0.1) is 0 Å². The molecule has 7 nitrogen and oxygen atoms in total. The van der Waals surface area contributed by atoms with E-state index in [4.69, 9.17) is 5.11 Å². The topological polar surface area (TPSA) is 109 Å². The van der Waals surface area contributed by atoms with Crippen molar-refractivity contribution in [2.75, 3.05) is 4.72 Å². The van der Waals surface area contributed by atoms with Crippen LogP contribution in [-0.4, -0.2) is 29.5 Å². The summed E-state index contributed by atoms with van der Waals surface area (Å²) in [5.41, 5.74) is 0.500. The molecule has 2 N–H and O–H groups in total. The van der Waals surface area contributed by atoms with E-state index < -0.39 is 16.0 Å². The highest BCUT2D eigenvalue weighted by Crippen LogP contribution is 2.24. The molecule has 23 heavy (non-hydrogen) atoms. The highest BCUT2D eigenvalue weighted by atomic mass is 32.2. The normalized spacial score (nSPS) is 11.3. The van der Waals surface area contributed by atoms with Gasteiger partial charge in [0.15, 0.2) is 0 Å². The van der Waals surface area contributed by atoms with E-state index in [-0.39, 0.29) is 21.7 Å². The number of sulfonamides is 1. The van der Waals surface area contributed by atoms with E-state index >= 15 is 0 Å². The van der Waals surface area contributed by atoms with Crippen LogP contribution in [0.15, 0.2) is 59.8 Å². The van der Waals surface area contributed by atoms with Gasteiger partial charge in [-0.05, 0) is 24.3 Å². The first-order valence-electron chi connectivity index (χ1n) is 6.54. The van der Waals surface area contributed by atoms with Crippen molar-refractivity contribution in [2.45, 2.75) is 4.90 Å². The van der Waals surface area contributed by atoms with Gasteiger partial charge in [-0.25, -0.2) is 13.2 Å². The zero-order valence-electron chi connectivity index (χ0n) is 11.7. The Balaban J connectivity index is 2.11. The van der Waals surface area contributed by atoms with E-state index in [1.165, 1.54) is 36.7 Å². The second-order valence-electron chi connectivity index (χ2n) is 4.64. The van der Waals surface area contributed by atoms with Crippen LogP contribution in [0.25, 0.3) is 11.0 Å². The summed E-state index contributed by atoms with van der Waals surface area (Å²) in [6, 6.07) is 10.4. The summed E-state index contributed by atoms with van der Waals surface area (Å²) in [6.07, 6.45) is 2.86. The lowest BCUT2D eigenvalue weighted by atomic mass is 10.2. The third-order valence-electron chi connectivity index (χ3n) is 3.15. The summed E-state index contributed by atoms with van der Waals surface area (Å²) in [4.78, 5) is 19.2. The molecule has 0 bridgehead atoms. The van der Waals surface area contributed by atoms with E-state index in [2.05, 4.69) is 14.7 Å². The number of carboxylic acid groups (broad SMARTS) is 1. The summed E-state index contributed by atoms with van der Waals surface area (Å²) >= 11 is 0. The number of benzene rings is 2. The monoisotopic (exact) mass is 329 g/mol. The number of rotatable bonds is 4. The molecule has 8 heteroatoms. The van der Waals surface area contributed by atoms with Crippen LogP contribution in [-0.2, 0) is 10.0 Å². The number of carboxylic acids is 1. The zero-order valence-corrected chi connectivity index (χ0v) is 12.5. The minimum absolute atomic E-state index is 0.0131. The Morgan fingerprint density at radius 2 is 1.74 bits per heavy atom. The quantitative estimate of drug-likeness (QED) is 0.759. The summed E-state index contributed by atoms with van der Waals surface area (Å²) in [5.74, 6) is -1.22. The number of hydrogen-bond donors (Lipinski definition) is 2.